The van der Waals surface area contributed by atoms with E-state index in [4.69, 9.17) is 4.74 Å². The van der Waals surface area contributed by atoms with Crippen molar-refractivity contribution in [3.05, 3.63) is 29.8 Å². The number of carbonyl (C=O) groups excluding carboxylic acids is 1. The summed E-state index contributed by atoms with van der Waals surface area (Å²) in [6, 6.07) is 6.65. The summed E-state index contributed by atoms with van der Waals surface area (Å²) in [5.41, 5.74) is 0.407. The predicted molar refractivity (Wildman–Crippen MR) is 68.8 cm³/mol. The van der Waals surface area contributed by atoms with Crippen LogP contribution in [0.3, 0.4) is 0 Å². The van der Waals surface area contributed by atoms with Gasteiger partial charge in [0.2, 0.25) is 0 Å². The standard InChI is InChI=1S/C13H16O4S/c1-17-11-6-4-5-10(9-11)13(14)12-7-2-3-8-18(12,15)16/h4-6,9,12H,2-3,7-8H2,1H3. The fraction of sp³-hybridized carbons (Fsp3) is 0.462. The topological polar surface area (TPSA) is 60.4 Å². The van der Waals surface area contributed by atoms with Crippen LogP contribution in [-0.2, 0) is 9.84 Å². The molecule has 5 heteroatoms. The average molecular weight is 268 g/mol. The molecule has 1 fully saturated rings. The van der Waals surface area contributed by atoms with Gasteiger partial charge in [-0.15, -0.1) is 0 Å². The molecule has 18 heavy (non-hydrogen) atoms. The fourth-order valence-corrected chi connectivity index (χ4v) is 4.09. The summed E-state index contributed by atoms with van der Waals surface area (Å²) in [7, 11) is -1.77. The zero-order chi connectivity index (χ0) is 13.2. The Morgan fingerprint density at radius 1 is 1.33 bits per heavy atom. The molecule has 0 amide bonds. The summed E-state index contributed by atoms with van der Waals surface area (Å²) in [6.45, 7) is 0. The van der Waals surface area contributed by atoms with Crippen molar-refractivity contribution in [2.24, 2.45) is 0 Å². The van der Waals surface area contributed by atoms with Crippen LogP contribution in [0.1, 0.15) is 29.6 Å². The highest BCUT2D eigenvalue weighted by atomic mass is 32.2. The lowest BCUT2D eigenvalue weighted by Gasteiger charge is -2.21. The van der Waals surface area contributed by atoms with E-state index in [1.165, 1.54) is 7.11 Å². The Kier molecular flexibility index (Phi) is 3.71. The van der Waals surface area contributed by atoms with Crippen molar-refractivity contribution < 1.29 is 17.9 Å². The van der Waals surface area contributed by atoms with Gasteiger partial charge < -0.3 is 4.74 Å². The third kappa shape index (κ3) is 2.56. The van der Waals surface area contributed by atoms with E-state index in [2.05, 4.69) is 0 Å². The fourth-order valence-electron chi connectivity index (χ4n) is 2.21. The molecule has 1 saturated heterocycles. The van der Waals surface area contributed by atoms with E-state index in [-0.39, 0.29) is 11.5 Å². The summed E-state index contributed by atoms with van der Waals surface area (Å²) in [6.07, 6.45) is 1.88. The highest BCUT2D eigenvalue weighted by Crippen LogP contribution is 2.24. The van der Waals surface area contributed by atoms with Crippen molar-refractivity contribution in [3.8, 4) is 5.75 Å². The molecule has 1 aliphatic heterocycles. The zero-order valence-corrected chi connectivity index (χ0v) is 11.1. The first-order valence-corrected chi connectivity index (χ1v) is 7.66. The molecule has 1 aromatic carbocycles. The molecule has 1 unspecified atom stereocenters. The Morgan fingerprint density at radius 3 is 2.78 bits per heavy atom. The van der Waals surface area contributed by atoms with Crippen LogP contribution < -0.4 is 4.74 Å². The minimum Gasteiger partial charge on any atom is -0.497 e. The lowest BCUT2D eigenvalue weighted by Crippen LogP contribution is -2.35. The second-order valence-electron chi connectivity index (χ2n) is 4.45. The van der Waals surface area contributed by atoms with Gasteiger partial charge in [0.05, 0.1) is 12.9 Å². The highest BCUT2D eigenvalue weighted by molar-refractivity contribution is 7.92. The second-order valence-corrected chi connectivity index (χ2v) is 6.75. The number of Topliss-reactive ketones (excluding diaryl/α,β-unsaturated/α-hetero) is 1. The van der Waals surface area contributed by atoms with Gasteiger partial charge in [-0.05, 0) is 25.0 Å². The minimum atomic E-state index is -3.28. The number of methoxy groups -OCH3 is 1. The third-order valence-electron chi connectivity index (χ3n) is 3.23. The van der Waals surface area contributed by atoms with Crippen LogP contribution in [-0.4, -0.2) is 32.3 Å². The molecule has 98 valence electrons. The molecule has 1 atom stereocenters. The van der Waals surface area contributed by atoms with E-state index in [9.17, 15) is 13.2 Å². The Labute approximate surface area is 107 Å². The summed E-state index contributed by atoms with van der Waals surface area (Å²) in [4.78, 5) is 12.2. The van der Waals surface area contributed by atoms with E-state index in [0.29, 0.717) is 24.2 Å². The SMILES string of the molecule is COc1cccc(C(=O)C2CCCCS2(=O)=O)c1. The monoisotopic (exact) mass is 268 g/mol. The number of hydrogen-bond donors (Lipinski definition) is 0. The predicted octanol–water partition coefficient (Wildman–Crippen LogP) is 1.85. The molecule has 0 bridgehead atoms. The smallest absolute Gasteiger partial charge is 0.181 e. The largest absolute Gasteiger partial charge is 0.497 e. The number of sulfone groups is 1. The average Bonchev–Trinajstić information content (AvgIpc) is 2.37. The quantitative estimate of drug-likeness (QED) is 0.785. The Hall–Kier alpha value is -1.36. The maximum atomic E-state index is 12.2. The van der Waals surface area contributed by atoms with Gasteiger partial charge >= 0.3 is 0 Å². The summed E-state index contributed by atoms with van der Waals surface area (Å²) >= 11 is 0. The molecule has 0 saturated carbocycles. The molecule has 0 spiro atoms. The van der Waals surface area contributed by atoms with Crippen LogP contribution in [0, 0.1) is 0 Å². The van der Waals surface area contributed by atoms with Gasteiger partial charge in [-0.2, -0.15) is 0 Å². The van der Waals surface area contributed by atoms with E-state index < -0.39 is 15.1 Å². The third-order valence-corrected chi connectivity index (χ3v) is 5.40. The van der Waals surface area contributed by atoms with Crippen LogP contribution in [0.5, 0.6) is 5.75 Å². The van der Waals surface area contributed by atoms with Crippen molar-refractivity contribution in [3.63, 3.8) is 0 Å². The van der Waals surface area contributed by atoms with Crippen molar-refractivity contribution >= 4 is 15.6 Å². The number of ketones is 1. The number of benzene rings is 1. The van der Waals surface area contributed by atoms with E-state index in [0.717, 1.165) is 6.42 Å². The van der Waals surface area contributed by atoms with E-state index in [1.807, 2.05) is 0 Å². The van der Waals surface area contributed by atoms with Crippen LogP contribution >= 0.6 is 0 Å². The minimum absolute atomic E-state index is 0.118. The van der Waals surface area contributed by atoms with Crippen molar-refractivity contribution in [1.82, 2.24) is 0 Å². The van der Waals surface area contributed by atoms with Gasteiger partial charge in [0.15, 0.2) is 15.6 Å². The van der Waals surface area contributed by atoms with Crippen molar-refractivity contribution in [1.29, 1.82) is 0 Å². The Balaban J connectivity index is 2.30. The van der Waals surface area contributed by atoms with Gasteiger partial charge in [-0.25, -0.2) is 8.42 Å². The van der Waals surface area contributed by atoms with Crippen molar-refractivity contribution in [2.45, 2.75) is 24.5 Å². The number of ether oxygens (including phenoxy) is 1. The molecule has 0 aromatic heterocycles. The maximum absolute atomic E-state index is 12.2. The number of carbonyl (C=O) groups is 1. The van der Waals surface area contributed by atoms with Gasteiger partial charge in [0.25, 0.3) is 0 Å². The van der Waals surface area contributed by atoms with Gasteiger partial charge in [-0.1, -0.05) is 18.6 Å². The molecule has 1 aliphatic rings. The lowest BCUT2D eigenvalue weighted by molar-refractivity contribution is 0.0981. The lowest BCUT2D eigenvalue weighted by atomic mass is 10.0. The maximum Gasteiger partial charge on any atom is 0.181 e. The van der Waals surface area contributed by atoms with Crippen LogP contribution in [0.2, 0.25) is 0 Å². The number of hydrogen-bond acceptors (Lipinski definition) is 4. The van der Waals surface area contributed by atoms with Gasteiger partial charge in [0, 0.05) is 5.56 Å². The molecule has 1 aromatic rings. The summed E-state index contributed by atoms with van der Waals surface area (Å²) < 4.78 is 28.8. The molecular weight excluding hydrogens is 252 g/mol. The van der Waals surface area contributed by atoms with Crippen molar-refractivity contribution in [2.75, 3.05) is 12.9 Å². The van der Waals surface area contributed by atoms with Crippen LogP contribution in [0.25, 0.3) is 0 Å². The first-order chi connectivity index (χ1) is 8.54. The Bertz CT molecular complexity index is 548. The normalized spacial score (nSPS) is 22.4. The van der Waals surface area contributed by atoms with E-state index in [1.54, 1.807) is 24.3 Å². The molecule has 1 heterocycles. The first kappa shape index (κ1) is 13.1. The van der Waals surface area contributed by atoms with Crippen LogP contribution in [0.4, 0.5) is 0 Å². The van der Waals surface area contributed by atoms with Gasteiger partial charge in [-0.3, -0.25) is 4.79 Å². The molecule has 0 radical (unpaired) electrons. The molecule has 0 N–H and O–H groups in total. The Morgan fingerprint density at radius 2 is 2.11 bits per heavy atom. The molecular formula is C13H16O4S. The second kappa shape index (κ2) is 5.10. The molecule has 2 rings (SSSR count). The first-order valence-electron chi connectivity index (χ1n) is 5.94. The summed E-state index contributed by atoms with van der Waals surface area (Å²) in [5, 5.41) is -0.877. The highest BCUT2D eigenvalue weighted by Gasteiger charge is 2.35. The summed E-state index contributed by atoms with van der Waals surface area (Å²) in [5.74, 6) is 0.371. The van der Waals surface area contributed by atoms with Crippen LogP contribution in [0.15, 0.2) is 24.3 Å². The van der Waals surface area contributed by atoms with E-state index >= 15 is 0 Å². The zero-order valence-electron chi connectivity index (χ0n) is 10.3. The van der Waals surface area contributed by atoms with Gasteiger partial charge in [0.1, 0.15) is 11.0 Å². The molecule has 4 nitrogen and oxygen atoms in total. The number of rotatable bonds is 3. The molecule has 0 aliphatic carbocycles.